The minimum Gasteiger partial charge on any atom is -0.394 e. The van der Waals surface area contributed by atoms with E-state index in [0.717, 1.165) is 13.0 Å². The Bertz CT molecular complexity index is 337. The number of hydrogen-bond donors (Lipinski definition) is 1. The number of rotatable bonds is 25. The Morgan fingerprint density at radius 2 is 0.839 bits per heavy atom. The van der Waals surface area contributed by atoms with Gasteiger partial charge in [0.25, 0.3) is 0 Å². The van der Waals surface area contributed by atoms with E-state index in [0.29, 0.717) is 13.2 Å². The summed E-state index contributed by atoms with van der Waals surface area (Å²) in [4.78, 5) is 0. The van der Waals surface area contributed by atoms with Gasteiger partial charge >= 0.3 is 0 Å². The molecule has 0 aromatic carbocycles. The van der Waals surface area contributed by atoms with Crippen LogP contribution in [-0.2, 0) is 14.2 Å². The second-order valence-electron chi connectivity index (χ2n) is 9.46. The van der Waals surface area contributed by atoms with Gasteiger partial charge in [0.1, 0.15) is 0 Å². The first-order valence-electron chi connectivity index (χ1n) is 13.6. The van der Waals surface area contributed by atoms with E-state index in [9.17, 15) is 0 Å². The van der Waals surface area contributed by atoms with E-state index in [4.69, 9.17) is 19.3 Å². The standard InChI is InChI=1S/C27H56O4/c1-5-6-7-8-9-10-11-12-13-14-15-16-17-18-19-20-21-29-26(3)23-31-27(4)24-30-25(2)22-28/h25-28H,5-24H2,1-4H3. The molecule has 0 aromatic heterocycles. The Labute approximate surface area is 194 Å². The van der Waals surface area contributed by atoms with Gasteiger partial charge in [0.05, 0.1) is 38.1 Å². The minimum absolute atomic E-state index is 0.0237. The molecule has 0 aromatic rings. The molecule has 4 heteroatoms. The van der Waals surface area contributed by atoms with Gasteiger partial charge in [0.15, 0.2) is 0 Å². The van der Waals surface area contributed by atoms with Crippen molar-refractivity contribution < 1.29 is 19.3 Å². The van der Waals surface area contributed by atoms with Gasteiger partial charge in [-0.3, -0.25) is 0 Å². The second-order valence-corrected chi connectivity index (χ2v) is 9.46. The number of ether oxygens (including phenoxy) is 3. The smallest absolute Gasteiger partial charge is 0.0781 e. The van der Waals surface area contributed by atoms with Gasteiger partial charge in [-0.1, -0.05) is 103 Å². The summed E-state index contributed by atoms with van der Waals surface area (Å²) in [6.07, 6.45) is 22.3. The van der Waals surface area contributed by atoms with E-state index < -0.39 is 0 Å². The molecule has 31 heavy (non-hydrogen) atoms. The van der Waals surface area contributed by atoms with E-state index in [1.54, 1.807) is 0 Å². The van der Waals surface area contributed by atoms with E-state index in [1.165, 1.54) is 96.3 Å². The van der Waals surface area contributed by atoms with Crippen molar-refractivity contribution in [3.63, 3.8) is 0 Å². The predicted octanol–water partition coefficient (Wildman–Crippen LogP) is 7.46. The molecule has 0 radical (unpaired) electrons. The predicted molar refractivity (Wildman–Crippen MR) is 133 cm³/mol. The third kappa shape index (κ3) is 24.3. The molecule has 0 saturated heterocycles. The first-order chi connectivity index (χ1) is 15.1. The van der Waals surface area contributed by atoms with Crippen molar-refractivity contribution in [1.29, 1.82) is 0 Å². The molecule has 1 N–H and O–H groups in total. The summed E-state index contributed by atoms with van der Waals surface area (Å²) in [5, 5.41) is 8.95. The molecule has 188 valence electrons. The van der Waals surface area contributed by atoms with Crippen LogP contribution in [0.1, 0.15) is 130 Å². The monoisotopic (exact) mass is 444 g/mol. The number of unbranched alkanes of at least 4 members (excludes halogenated alkanes) is 15. The van der Waals surface area contributed by atoms with Gasteiger partial charge in [0, 0.05) is 6.61 Å². The maximum atomic E-state index is 8.95. The lowest BCUT2D eigenvalue weighted by Crippen LogP contribution is -2.26. The summed E-state index contributed by atoms with van der Waals surface area (Å²) in [6.45, 7) is 10.2. The largest absolute Gasteiger partial charge is 0.394 e. The Morgan fingerprint density at radius 3 is 1.26 bits per heavy atom. The maximum Gasteiger partial charge on any atom is 0.0781 e. The van der Waals surface area contributed by atoms with Crippen molar-refractivity contribution in [2.45, 2.75) is 149 Å². The summed E-state index contributed by atoms with van der Waals surface area (Å²) in [5.41, 5.74) is 0. The van der Waals surface area contributed by atoms with Crippen LogP contribution in [0.15, 0.2) is 0 Å². The Kier molecular flexibility index (Phi) is 24.4. The molecular formula is C27H56O4. The van der Waals surface area contributed by atoms with Crippen molar-refractivity contribution in [2.75, 3.05) is 26.4 Å². The topological polar surface area (TPSA) is 47.9 Å². The van der Waals surface area contributed by atoms with Crippen LogP contribution in [0.4, 0.5) is 0 Å². The highest BCUT2D eigenvalue weighted by Gasteiger charge is 2.09. The molecular weight excluding hydrogens is 388 g/mol. The molecule has 0 aliphatic carbocycles. The first-order valence-corrected chi connectivity index (χ1v) is 13.6. The zero-order valence-corrected chi connectivity index (χ0v) is 21.5. The lowest BCUT2D eigenvalue weighted by molar-refractivity contribution is -0.0746. The highest BCUT2D eigenvalue weighted by molar-refractivity contribution is 4.55. The lowest BCUT2D eigenvalue weighted by Gasteiger charge is -2.19. The fourth-order valence-electron chi connectivity index (χ4n) is 3.68. The van der Waals surface area contributed by atoms with Crippen molar-refractivity contribution in [2.24, 2.45) is 0 Å². The third-order valence-electron chi connectivity index (χ3n) is 5.89. The average Bonchev–Trinajstić information content (AvgIpc) is 2.78. The fraction of sp³-hybridized carbons (Fsp3) is 1.00. The van der Waals surface area contributed by atoms with Gasteiger partial charge in [-0.2, -0.15) is 0 Å². The van der Waals surface area contributed by atoms with E-state index >= 15 is 0 Å². The number of hydrogen-bond acceptors (Lipinski definition) is 4. The second kappa shape index (κ2) is 24.5. The van der Waals surface area contributed by atoms with Crippen LogP contribution in [-0.4, -0.2) is 49.8 Å². The van der Waals surface area contributed by atoms with Gasteiger partial charge < -0.3 is 19.3 Å². The molecule has 0 bridgehead atoms. The van der Waals surface area contributed by atoms with Crippen LogP contribution in [0.5, 0.6) is 0 Å². The van der Waals surface area contributed by atoms with Crippen molar-refractivity contribution in [1.82, 2.24) is 0 Å². The molecule has 4 nitrogen and oxygen atoms in total. The summed E-state index contributed by atoms with van der Waals surface area (Å²) in [5.74, 6) is 0. The zero-order valence-electron chi connectivity index (χ0n) is 21.5. The third-order valence-corrected chi connectivity index (χ3v) is 5.89. The Balaban J connectivity index is 3.23. The number of aliphatic hydroxyl groups excluding tert-OH is 1. The fourth-order valence-corrected chi connectivity index (χ4v) is 3.68. The zero-order chi connectivity index (χ0) is 23.0. The molecule has 3 atom stereocenters. The quantitative estimate of drug-likeness (QED) is 0.148. The molecule has 0 heterocycles. The molecule has 0 fully saturated rings. The minimum atomic E-state index is -0.130. The van der Waals surface area contributed by atoms with Crippen LogP contribution in [0.3, 0.4) is 0 Å². The van der Waals surface area contributed by atoms with E-state index in [2.05, 4.69) is 13.8 Å². The van der Waals surface area contributed by atoms with Crippen molar-refractivity contribution in [3.05, 3.63) is 0 Å². The molecule has 0 aliphatic heterocycles. The molecule has 0 spiro atoms. The molecule has 0 aliphatic rings. The summed E-state index contributed by atoms with van der Waals surface area (Å²) in [7, 11) is 0. The van der Waals surface area contributed by atoms with Gasteiger partial charge in [-0.05, 0) is 27.2 Å². The van der Waals surface area contributed by atoms with Crippen LogP contribution in [0.25, 0.3) is 0 Å². The van der Waals surface area contributed by atoms with Crippen LogP contribution >= 0.6 is 0 Å². The summed E-state index contributed by atoms with van der Waals surface area (Å²) >= 11 is 0. The molecule has 3 unspecified atom stereocenters. The molecule has 0 saturated carbocycles. The van der Waals surface area contributed by atoms with Crippen LogP contribution < -0.4 is 0 Å². The Morgan fingerprint density at radius 1 is 0.484 bits per heavy atom. The van der Waals surface area contributed by atoms with E-state index in [1.807, 2.05) is 13.8 Å². The lowest BCUT2D eigenvalue weighted by atomic mass is 10.0. The summed E-state index contributed by atoms with van der Waals surface area (Å²) in [6, 6.07) is 0. The number of aliphatic hydroxyl groups is 1. The van der Waals surface area contributed by atoms with Crippen LogP contribution in [0, 0.1) is 0 Å². The first kappa shape index (κ1) is 30.8. The van der Waals surface area contributed by atoms with Gasteiger partial charge in [-0.25, -0.2) is 0 Å². The highest BCUT2D eigenvalue weighted by atomic mass is 16.6. The normalized spacial score (nSPS) is 14.6. The van der Waals surface area contributed by atoms with Gasteiger partial charge in [-0.15, -0.1) is 0 Å². The average molecular weight is 445 g/mol. The summed E-state index contributed by atoms with van der Waals surface area (Å²) < 4.78 is 17.1. The SMILES string of the molecule is CCCCCCCCCCCCCCCCCCOC(C)COC(C)COC(C)CO. The highest BCUT2D eigenvalue weighted by Crippen LogP contribution is 2.13. The Hall–Kier alpha value is -0.160. The van der Waals surface area contributed by atoms with Crippen LogP contribution in [0.2, 0.25) is 0 Å². The molecule has 0 rings (SSSR count). The van der Waals surface area contributed by atoms with E-state index in [-0.39, 0.29) is 24.9 Å². The van der Waals surface area contributed by atoms with Gasteiger partial charge in [0.2, 0.25) is 0 Å². The van der Waals surface area contributed by atoms with Crippen molar-refractivity contribution in [3.8, 4) is 0 Å². The van der Waals surface area contributed by atoms with Crippen molar-refractivity contribution >= 4 is 0 Å². The maximum absolute atomic E-state index is 8.95. The molecule has 0 amide bonds.